The highest BCUT2D eigenvalue weighted by Gasteiger charge is 2.31. The van der Waals surface area contributed by atoms with E-state index >= 15 is 0 Å². The number of hydrogen-bond donors (Lipinski definition) is 2. The summed E-state index contributed by atoms with van der Waals surface area (Å²) < 4.78 is 53.7. The predicted molar refractivity (Wildman–Crippen MR) is 70.3 cm³/mol. The van der Waals surface area contributed by atoms with Crippen LogP contribution in [0.15, 0.2) is 18.2 Å². The van der Waals surface area contributed by atoms with Crippen LogP contribution in [-0.4, -0.2) is 37.0 Å². The van der Waals surface area contributed by atoms with Gasteiger partial charge in [-0.15, -0.1) is 0 Å². The highest BCUT2D eigenvalue weighted by atomic mass is 32.2. The van der Waals surface area contributed by atoms with Gasteiger partial charge in [0.25, 0.3) is 0 Å². The fraction of sp³-hybridized carbons (Fsp3) is 0.500. The SMILES string of the molecule is O=S(=O)(Nc1ccc(F)c(F)c1)N1CCCCC1CO. The van der Waals surface area contributed by atoms with Gasteiger partial charge >= 0.3 is 10.2 Å². The van der Waals surface area contributed by atoms with E-state index in [0.717, 1.165) is 28.9 Å². The molecular formula is C12H16F2N2O3S. The molecule has 0 aromatic heterocycles. The van der Waals surface area contributed by atoms with Crippen LogP contribution in [0, 0.1) is 11.6 Å². The maximum Gasteiger partial charge on any atom is 0.301 e. The molecule has 8 heteroatoms. The molecule has 0 radical (unpaired) electrons. The molecule has 20 heavy (non-hydrogen) atoms. The van der Waals surface area contributed by atoms with E-state index in [1.165, 1.54) is 0 Å². The quantitative estimate of drug-likeness (QED) is 0.885. The number of benzene rings is 1. The molecule has 0 saturated carbocycles. The fourth-order valence-electron chi connectivity index (χ4n) is 2.24. The molecule has 1 aromatic carbocycles. The third-order valence-corrected chi connectivity index (χ3v) is 4.85. The van der Waals surface area contributed by atoms with Crippen LogP contribution in [0.3, 0.4) is 0 Å². The topological polar surface area (TPSA) is 69.6 Å². The van der Waals surface area contributed by atoms with E-state index in [1.54, 1.807) is 0 Å². The minimum absolute atomic E-state index is 0.0498. The van der Waals surface area contributed by atoms with E-state index in [1.807, 2.05) is 0 Å². The van der Waals surface area contributed by atoms with Crippen LogP contribution in [0.1, 0.15) is 19.3 Å². The van der Waals surface area contributed by atoms with Gasteiger partial charge < -0.3 is 5.11 Å². The Bertz CT molecular complexity index is 580. The Kier molecular flexibility index (Phi) is 4.56. The van der Waals surface area contributed by atoms with Crippen molar-refractivity contribution in [2.45, 2.75) is 25.3 Å². The summed E-state index contributed by atoms with van der Waals surface area (Å²) >= 11 is 0. The van der Waals surface area contributed by atoms with Gasteiger partial charge in [0.1, 0.15) is 0 Å². The van der Waals surface area contributed by atoms with E-state index < -0.39 is 27.9 Å². The Morgan fingerprint density at radius 1 is 1.30 bits per heavy atom. The number of halogens is 2. The Balaban J connectivity index is 2.19. The lowest BCUT2D eigenvalue weighted by Gasteiger charge is -2.33. The van der Waals surface area contributed by atoms with Crippen LogP contribution in [-0.2, 0) is 10.2 Å². The molecule has 0 bridgehead atoms. The molecule has 1 aliphatic rings. The first-order chi connectivity index (χ1) is 9.44. The second-order valence-corrected chi connectivity index (χ2v) is 6.30. The van der Waals surface area contributed by atoms with Crippen molar-refractivity contribution >= 4 is 15.9 Å². The van der Waals surface area contributed by atoms with Crippen LogP contribution in [0.4, 0.5) is 14.5 Å². The normalized spacial score (nSPS) is 20.9. The van der Waals surface area contributed by atoms with Gasteiger partial charge in [-0.05, 0) is 25.0 Å². The number of rotatable bonds is 4. The minimum atomic E-state index is -3.89. The summed E-state index contributed by atoms with van der Waals surface area (Å²) in [5.74, 6) is -2.17. The largest absolute Gasteiger partial charge is 0.395 e. The van der Waals surface area contributed by atoms with Crippen LogP contribution in [0.5, 0.6) is 0 Å². The minimum Gasteiger partial charge on any atom is -0.395 e. The Hall–Kier alpha value is -1.25. The Morgan fingerprint density at radius 2 is 2.05 bits per heavy atom. The van der Waals surface area contributed by atoms with Gasteiger partial charge in [-0.25, -0.2) is 8.78 Å². The third-order valence-electron chi connectivity index (χ3n) is 3.26. The molecule has 5 nitrogen and oxygen atoms in total. The van der Waals surface area contributed by atoms with Crippen LogP contribution in [0.2, 0.25) is 0 Å². The van der Waals surface area contributed by atoms with E-state index in [4.69, 9.17) is 0 Å². The maximum atomic E-state index is 13.1. The van der Waals surface area contributed by atoms with Gasteiger partial charge in [-0.1, -0.05) is 6.42 Å². The molecule has 1 aromatic rings. The zero-order chi connectivity index (χ0) is 14.8. The summed E-state index contributed by atoms with van der Waals surface area (Å²) in [4.78, 5) is 0. The number of hydrogen-bond acceptors (Lipinski definition) is 3. The van der Waals surface area contributed by atoms with Crippen LogP contribution >= 0.6 is 0 Å². The first kappa shape index (κ1) is 15.1. The number of aliphatic hydroxyl groups excluding tert-OH is 1. The van der Waals surface area contributed by atoms with E-state index in [-0.39, 0.29) is 12.3 Å². The molecule has 2 N–H and O–H groups in total. The van der Waals surface area contributed by atoms with Gasteiger partial charge in [0, 0.05) is 18.7 Å². The second-order valence-electron chi connectivity index (χ2n) is 4.68. The van der Waals surface area contributed by atoms with Crippen molar-refractivity contribution in [1.29, 1.82) is 0 Å². The van der Waals surface area contributed by atoms with Crippen molar-refractivity contribution in [3.8, 4) is 0 Å². The van der Waals surface area contributed by atoms with Crippen molar-refractivity contribution in [3.63, 3.8) is 0 Å². The predicted octanol–water partition coefficient (Wildman–Crippen LogP) is 1.47. The zero-order valence-corrected chi connectivity index (χ0v) is 11.5. The third kappa shape index (κ3) is 3.25. The lowest BCUT2D eigenvalue weighted by molar-refractivity contribution is 0.156. The fourth-order valence-corrected chi connectivity index (χ4v) is 3.72. The molecule has 0 spiro atoms. The van der Waals surface area contributed by atoms with E-state index in [0.29, 0.717) is 19.4 Å². The molecular weight excluding hydrogens is 290 g/mol. The number of piperidine rings is 1. The second kappa shape index (κ2) is 6.02. The molecule has 1 aliphatic heterocycles. The van der Waals surface area contributed by atoms with Crippen molar-refractivity contribution in [2.75, 3.05) is 17.9 Å². The molecule has 1 fully saturated rings. The van der Waals surface area contributed by atoms with E-state index in [9.17, 15) is 22.3 Å². The highest BCUT2D eigenvalue weighted by Crippen LogP contribution is 2.22. The lowest BCUT2D eigenvalue weighted by Crippen LogP contribution is -2.47. The Labute approximate surface area is 116 Å². The lowest BCUT2D eigenvalue weighted by atomic mass is 10.1. The molecule has 0 aliphatic carbocycles. The molecule has 2 rings (SSSR count). The molecule has 1 heterocycles. The number of nitrogens with one attached hydrogen (secondary N) is 1. The molecule has 1 atom stereocenters. The molecule has 1 unspecified atom stereocenters. The van der Waals surface area contributed by atoms with Crippen molar-refractivity contribution in [2.24, 2.45) is 0 Å². The summed E-state index contributed by atoms with van der Waals surface area (Å²) in [5.41, 5.74) is -0.0498. The summed E-state index contributed by atoms with van der Waals surface area (Å²) in [5, 5.41) is 9.23. The summed E-state index contributed by atoms with van der Waals surface area (Å²) in [7, 11) is -3.89. The Morgan fingerprint density at radius 3 is 2.70 bits per heavy atom. The van der Waals surface area contributed by atoms with Crippen LogP contribution in [0.25, 0.3) is 0 Å². The number of nitrogens with zero attached hydrogens (tertiary/aromatic N) is 1. The number of aliphatic hydroxyl groups is 1. The van der Waals surface area contributed by atoms with E-state index in [2.05, 4.69) is 4.72 Å². The summed E-state index contributed by atoms with van der Waals surface area (Å²) in [6, 6.07) is 2.30. The average molecular weight is 306 g/mol. The average Bonchev–Trinajstić information content (AvgIpc) is 2.42. The van der Waals surface area contributed by atoms with Crippen LogP contribution < -0.4 is 4.72 Å². The molecule has 1 saturated heterocycles. The van der Waals surface area contributed by atoms with Gasteiger partial charge in [0.05, 0.1) is 12.3 Å². The van der Waals surface area contributed by atoms with Crippen molar-refractivity contribution < 1.29 is 22.3 Å². The summed E-state index contributed by atoms with van der Waals surface area (Å²) in [6.07, 6.45) is 2.13. The van der Waals surface area contributed by atoms with Gasteiger partial charge in [-0.2, -0.15) is 12.7 Å². The standard InChI is InChI=1S/C12H16F2N2O3S/c13-11-5-4-9(7-12(11)14)15-20(18,19)16-6-2-1-3-10(16)8-17/h4-5,7,10,15,17H,1-3,6,8H2. The zero-order valence-electron chi connectivity index (χ0n) is 10.7. The first-order valence-electron chi connectivity index (χ1n) is 6.29. The van der Waals surface area contributed by atoms with Gasteiger partial charge in [0.2, 0.25) is 0 Å². The monoisotopic (exact) mass is 306 g/mol. The summed E-state index contributed by atoms with van der Waals surface area (Å²) in [6.45, 7) is 0.0307. The molecule has 112 valence electrons. The first-order valence-corrected chi connectivity index (χ1v) is 7.73. The van der Waals surface area contributed by atoms with Crippen molar-refractivity contribution in [3.05, 3.63) is 29.8 Å². The number of anilines is 1. The maximum absolute atomic E-state index is 13.1. The van der Waals surface area contributed by atoms with Gasteiger partial charge in [-0.3, -0.25) is 4.72 Å². The highest BCUT2D eigenvalue weighted by molar-refractivity contribution is 7.90. The van der Waals surface area contributed by atoms with Gasteiger partial charge in [0.15, 0.2) is 11.6 Å². The smallest absolute Gasteiger partial charge is 0.301 e. The van der Waals surface area contributed by atoms with Crippen molar-refractivity contribution in [1.82, 2.24) is 4.31 Å². The molecule has 0 amide bonds.